The molecular formula is C15H21N3O5S. The first-order valence-electron chi connectivity index (χ1n) is 7.44. The van der Waals surface area contributed by atoms with E-state index in [4.69, 9.17) is 9.88 Å². The highest BCUT2D eigenvalue weighted by atomic mass is 32.2. The van der Waals surface area contributed by atoms with Gasteiger partial charge in [0.1, 0.15) is 0 Å². The number of hydrogen-bond donors (Lipinski definition) is 2. The molecule has 1 saturated heterocycles. The molecule has 0 spiro atoms. The quantitative estimate of drug-likeness (QED) is 0.753. The summed E-state index contributed by atoms with van der Waals surface area (Å²) in [6.07, 6.45) is 0.148. The monoisotopic (exact) mass is 355 g/mol. The molecule has 1 aliphatic rings. The molecule has 8 nitrogen and oxygen atoms in total. The molecule has 1 fully saturated rings. The Labute approximate surface area is 141 Å². The fourth-order valence-corrected chi connectivity index (χ4v) is 3.15. The molecule has 132 valence electrons. The summed E-state index contributed by atoms with van der Waals surface area (Å²) in [5.41, 5.74) is 0.447. The molecule has 1 aromatic carbocycles. The van der Waals surface area contributed by atoms with Crippen molar-refractivity contribution in [3.8, 4) is 0 Å². The second kappa shape index (κ2) is 7.29. The van der Waals surface area contributed by atoms with Crippen molar-refractivity contribution in [1.29, 1.82) is 0 Å². The van der Waals surface area contributed by atoms with Gasteiger partial charge in [-0.05, 0) is 31.2 Å². The average molecular weight is 355 g/mol. The van der Waals surface area contributed by atoms with Crippen molar-refractivity contribution in [3.63, 3.8) is 0 Å². The van der Waals surface area contributed by atoms with E-state index >= 15 is 0 Å². The lowest BCUT2D eigenvalue weighted by Crippen LogP contribution is -2.38. The summed E-state index contributed by atoms with van der Waals surface area (Å²) in [4.78, 5) is 25.9. The van der Waals surface area contributed by atoms with Gasteiger partial charge in [-0.1, -0.05) is 0 Å². The number of carbonyl (C=O) groups excluding carboxylic acids is 2. The Hall–Kier alpha value is -1.97. The Kier molecular flexibility index (Phi) is 5.58. The van der Waals surface area contributed by atoms with Crippen LogP contribution in [0.15, 0.2) is 29.2 Å². The minimum absolute atomic E-state index is 0.0314. The van der Waals surface area contributed by atoms with Crippen molar-refractivity contribution >= 4 is 27.5 Å². The summed E-state index contributed by atoms with van der Waals surface area (Å²) in [5.74, 6) is -0.808. The Balaban J connectivity index is 1.99. The molecule has 1 aliphatic heterocycles. The first kappa shape index (κ1) is 18.4. The summed E-state index contributed by atoms with van der Waals surface area (Å²) in [5, 5.41) is 7.71. The van der Waals surface area contributed by atoms with E-state index in [9.17, 15) is 18.0 Å². The van der Waals surface area contributed by atoms with Crippen LogP contribution in [0.1, 0.15) is 13.3 Å². The topological polar surface area (TPSA) is 119 Å². The van der Waals surface area contributed by atoms with Crippen molar-refractivity contribution in [2.45, 2.75) is 24.3 Å². The van der Waals surface area contributed by atoms with Crippen molar-refractivity contribution in [3.05, 3.63) is 24.3 Å². The molecule has 1 aromatic rings. The minimum Gasteiger partial charge on any atom is -0.383 e. The van der Waals surface area contributed by atoms with Crippen LogP contribution in [-0.2, 0) is 24.3 Å². The Morgan fingerprint density at radius 3 is 2.58 bits per heavy atom. The smallest absolute Gasteiger partial charge is 0.238 e. The van der Waals surface area contributed by atoms with Gasteiger partial charge in [0.05, 0.1) is 23.5 Å². The number of carbonyl (C=O) groups is 2. The van der Waals surface area contributed by atoms with Crippen LogP contribution in [-0.4, -0.2) is 51.4 Å². The minimum atomic E-state index is -3.77. The second-order valence-electron chi connectivity index (χ2n) is 5.81. The van der Waals surface area contributed by atoms with Crippen LogP contribution in [0.4, 0.5) is 5.69 Å². The average Bonchev–Trinajstić information content (AvgIpc) is 2.89. The number of nitrogens with one attached hydrogen (secondary N) is 1. The zero-order valence-corrected chi connectivity index (χ0v) is 14.4. The van der Waals surface area contributed by atoms with Gasteiger partial charge in [-0.3, -0.25) is 9.59 Å². The number of benzene rings is 1. The van der Waals surface area contributed by atoms with E-state index in [-0.39, 0.29) is 29.2 Å². The van der Waals surface area contributed by atoms with Crippen LogP contribution in [0, 0.1) is 5.92 Å². The molecule has 2 amide bonds. The van der Waals surface area contributed by atoms with E-state index in [0.717, 1.165) is 0 Å². The van der Waals surface area contributed by atoms with E-state index in [2.05, 4.69) is 5.32 Å². The number of rotatable bonds is 6. The SMILES string of the molecule is COC[C@@H](C)N1C[C@@H](C(=O)Nc2ccc(S(N)(=O)=O)cc2)CC1=O. The van der Waals surface area contributed by atoms with Crippen molar-refractivity contribution in [1.82, 2.24) is 4.90 Å². The molecule has 0 saturated carbocycles. The molecule has 0 radical (unpaired) electrons. The Morgan fingerprint density at radius 2 is 2.04 bits per heavy atom. The normalized spacial score (nSPS) is 19.4. The van der Waals surface area contributed by atoms with Gasteiger partial charge in [0.25, 0.3) is 0 Å². The number of amides is 2. The summed E-state index contributed by atoms with van der Waals surface area (Å²) < 4.78 is 27.4. The highest BCUT2D eigenvalue weighted by Gasteiger charge is 2.36. The third-order valence-corrected chi connectivity index (χ3v) is 4.85. The first-order valence-corrected chi connectivity index (χ1v) is 8.99. The van der Waals surface area contributed by atoms with Gasteiger partial charge >= 0.3 is 0 Å². The maximum Gasteiger partial charge on any atom is 0.238 e. The van der Waals surface area contributed by atoms with Crippen LogP contribution in [0.25, 0.3) is 0 Å². The summed E-state index contributed by atoms with van der Waals surface area (Å²) in [6, 6.07) is 5.46. The van der Waals surface area contributed by atoms with Gasteiger partial charge in [0, 0.05) is 25.8 Å². The largest absolute Gasteiger partial charge is 0.383 e. The zero-order valence-electron chi connectivity index (χ0n) is 13.6. The van der Waals surface area contributed by atoms with Crippen molar-refractivity contribution < 1.29 is 22.7 Å². The van der Waals surface area contributed by atoms with Gasteiger partial charge in [0.2, 0.25) is 21.8 Å². The Morgan fingerprint density at radius 1 is 1.42 bits per heavy atom. The molecule has 2 atom stereocenters. The predicted molar refractivity (Wildman–Crippen MR) is 87.6 cm³/mol. The third-order valence-electron chi connectivity index (χ3n) is 3.92. The van der Waals surface area contributed by atoms with Crippen LogP contribution in [0.5, 0.6) is 0 Å². The summed E-state index contributed by atoms with van der Waals surface area (Å²) in [6.45, 7) is 2.62. The number of likely N-dealkylation sites (tertiary alicyclic amines) is 1. The van der Waals surface area contributed by atoms with E-state index in [1.165, 1.54) is 24.3 Å². The molecular weight excluding hydrogens is 334 g/mol. The van der Waals surface area contributed by atoms with Gasteiger partial charge in [-0.15, -0.1) is 0 Å². The van der Waals surface area contributed by atoms with Gasteiger partial charge in [0.15, 0.2) is 0 Å². The number of primary sulfonamides is 1. The lowest BCUT2D eigenvalue weighted by Gasteiger charge is -2.23. The zero-order chi connectivity index (χ0) is 17.9. The van der Waals surface area contributed by atoms with Gasteiger partial charge < -0.3 is 15.0 Å². The lowest BCUT2D eigenvalue weighted by molar-refractivity contribution is -0.130. The number of methoxy groups -OCH3 is 1. The molecule has 0 unspecified atom stereocenters. The van der Waals surface area contributed by atoms with Crippen LogP contribution < -0.4 is 10.5 Å². The predicted octanol–water partition coefficient (Wildman–Crippen LogP) is 0.156. The van der Waals surface area contributed by atoms with Gasteiger partial charge in [-0.25, -0.2) is 13.6 Å². The van der Waals surface area contributed by atoms with E-state index in [1.54, 1.807) is 12.0 Å². The number of ether oxygens (including phenoxy) is 1. The van der Waals surface area contributed by atoms with Crippen LogP contribution >= 0.6 is 0 Å². The van der Waals surface area contributed by atoms with Crippen LogP contribution in [0.2, 0.25) is 0 Å². The molecule has 0 aromatic heterocycles. The highest BCUT2D eigenvalue weighted by Crippen LogP contribution is 2.22. The van der Waals surface area contributed by atoms with Gasteiger partial charge in [-0.2, -0.15) is 0 Å². The lowest BCUT2D eigenvalue weighted by atomic mass is 10.1. The number of nitrogens with zero attached hydrogens (tertiary/aromatic N) is 1. The highest BCUT2D eigenvalue weighted by molar-refractivity contribution is 7.89. The fraction of sp³-hybridized carbons (Fsp3) is 0.467. The fourth-order valence-electron chi connectivity index (χ4n) is 2.64. The molecule has 2 rings (SSSR count). The Bertz CT molecular complexity index is 717. The first-order chi connectivity index (χ1) is 11.2. The standard InChI is InChI=1S/C15H21N3O5S/c1-10(9-23-2)18-8-11(7-14(18)19)15(20)17-12-3-5-13(6-4-12)24(16,21)22/h3-6,10-11H,7-9H2,1-2H3,(H,17,20)(H2,16,21,22)/t10-,11+/m1/s1. The summed E-state index contributed by atoms with van der Waals surface area (Å²) in [7, 11) is -2.21. The maximum atomic E-state index is 12.3. The number of anilines is 1. The molecule has 24 heavy (non-hydrogen) atoms. The second-order valence-corrected chi connectivity index (χ2v) is 7.37. The van der Waals surface area contributed by atoms with Crippen molar-refractivity contribution in [2.75, 3.05) is 25.6 Å². The molecule has 3 N–H and O–H groups in total. The van der Waals surface area contributed by atoms with E-state index < -0.39 is 15.9 Å². The number of nitrogens with two attached hydrogens (primary N) is 1. The number of hydrogen-bond acceptors (Lipinski definition) is 5. The molecule has 9 heteroatoms. The van der Waals surface area contributed by atoms with E-state index in [0.29, 0.717) is 18.8 Å². The molecule has 0 bridgehead atoms. The van der Waals surface area contributed by atoms with Crippen LogP contribution in [0.3, 0.4) is 0 Å². The third kappa shape index (κ3) is 4.31. The van der Waals surface area contributed by atoms with Crippen molar-refractivity contribution in [2.24, 2.45) is 11.1 Å². The molecule has 1 heterocycles. The molecule has 0 aliphatic carbocycles. The summed E-state index contributed by atoms with van der Waals surface area (Å²) >= 11 is 0. The van der Waals surface area contributed by atoms with E-state index in [1.807, 2.05) is 6.92 Å². The maximum absolute atomic E-state index is 12.3. The number of sulfonamides is 1.